The molecule has 2 aliphatic heterocycles. The van der Waals surface area contributed by atoms with Gasteiger partial charge in [0.05, 0.1) is 6.61 Å². The fraction of sp³-hybridized carbons (Fsp3) is 0.714. The lowest BCUT2D eigenvalue weighted by molar-refractivity contribution is -0.155. The third-order valence-electron chi connectivity index (χ3n) is 8.66. The number of benzene rings is 1. The van der Waals surface area contributed by atoms with Crippen molar-refractivity contribution in [2.24, 2.45) is 0 Å². The number of carboxylic acids is 1. The molecule has 2 aliphatic rings. The fourth-order valence-corrected chi connectivity index (χ4v) is 6.05. The normalized spacial score (nSPS) is 20.9. The topological polar surface area (TPSA) is 87.1 Å². The molecule has 0 spiro atoms. The highest BCUT2D eigenvalue weighted by molar-refractivity contribution is 5.78. The number of rotatable bonds is 19. The molecule has 0 aliphatic carbocycles. The van der Waals surface area contributed by atoms with Crippen LogP contribution in [0.5, 0.6) is 0 Å². The van der Waals surface area contributed by atoms with Crippen LogP contribution in [0.2, 0.25) is 0 Å². The van der Waals surface area contributed by atoms with Crippen LogP contribution in [0.1, 0.15) is 134 Å². The van der Waals surface area contributed by atoms with Gasteiger partial charge in [0.1, 0.15) is 12.0 Å². The Hall–Kier alpha value is -2.18. The number of fused-ring (bicyclic) bond motifs is 2. The Bertz CT molecular complexity index is 843. The second-order valence-corrected chi connectivity index (χ2v) is 12.0. The summed E-state index contributed by atoms with van der Waals surface area (Å²) in [7, 11) is 2.17. The largest absolute Gasteiger partial charge is 0.481 e. The molecule has 2 bridgehead atoms. The van der Waals surface area contributed by atoms with E-state index in [1.807, 2.05) is 30.3 Å². The van der Waals surface area contributed by atoms with Gasteiger partial charge in [-0.05, 0) is 70.4 Å². The molecule has 2 N–H and O–H groups in total. The van der Waals surface area contributed by atoms with E-state index in [-0.39, 0.29) is 18.7 Å². The Balaban J connectivity index is 0.000000288. The molecule has 2 saturated heterocycles. The van der Waals surface area contributed by atoms with E-state index >= 15 is 0 Å². The Labute approximate surface area is 249 Å². The molecule has 6 heteroatoms. The predicted octanol–water partition coefficient (Wildman–Crippen LogP) is 8.04. The van der Waals surface area contributed by atoms with Crippen LogP contribution in [0.15, 0.2) is 42.5 Å². The number of hydrogen-bond acceptors (Lipinski definition) is 5. The molecule has 232 valence electrons. The zero-order valence-corrected chi connectivity index (χ0v) is 25.9. The third-order valence-corrected chi connectivity index (χ3v) is 8.66. The van der Waals surface area contributed by atoms with Gasteiger partial charge >= 0.3 is 11.9 Å². The van der Waals surface area contributed by atoms with E-state index < -0.39 is 11.9 Å². The lowest BCUT2D eigenvalue weighted by Gasteiger charge is -2.36. The van der Waals surface area contributed by atoms with E-state index in [1.54, 1.807) is 0 Å². The SMILES string of the molecule is CCCCCCCC/C=C\CCCCCCCC(=O)O.CN1C2CCC1CC(OC(=O)C(CO)c1ccccc1)C2. The van der Waals surface area contributed by atoms with Crippen molar-refractivity contribution < 1.29 is 24.5 Å². The van der Waals surface area contributed by atoms with Crippen LogP contribution in [0.4, 0.5) is 0 Å². The summed E-state index contributed by atoms with van der Waals surface area (Å²) in [5, 5.41) is 18.0. The second kappa shape index (κ2) is 21.5. The highest BCUT2D eigenvalue weighted by atomic mass is 16.5. The van der Waals surface area contributed by atoms with Crippen LogP contribution in [-0.4, -0.2) is 58.9 Å². The first-order chi connectivity index (χ1) is 20.0. The molecule has 0 radical (unpaired) electrons. The molecule has 2 heterocycles. The molecule has 1 aromatic carbocycles. The molecular formula is C35H57NO5. The standard InChI is InChI=1S/C18H34O2.C17H23NO3/c1-2-3-4-5-6-7-8-9-10-11-12-13-14-15-16-17-18(19)20;1-18-13-7-8-14(18)10-15(9-13)21-17(20)16(11-19)12-5-3-2-4-6-12/h9-10H,2-8,11-17H2,1H3,(H,19,20);2-6,13-16,19H,7-11H2,1H3/b10-9-;. The average Bonchev–Trinajstić information content (AvgIpc) is 3.16. The summed E-state index contributed by atoms with van der Waals surface area (Å²) < 4.78 is 5.70. The number of ether oxygens (including phenoxy) is 1. The number of aliphatic hydroxyl groups excluding tert-OH is 1. The first kappa shape index (κ1) is 35.0. The lowest BCUT2D eigenvalue weighted by Crippen LogP contribution is -2.43. The predicted molar refractivity (Wildman–Crippen MR) is 167 cm³/mol. The van der Waals surface area contributed by atoms with Crippen molar-refractivity contribution in [1.29, 1.82) is 0 Å². The second-order valence-electron chi connectivity index (χ2n) is 12.0. The van der Waals surface area contributed by atoms with Gasteiger partial charge in [0.25, 0.3) is 0 Å². The molecule has 41 heavy (non-hydrogen) atoms. The van der Waals surface area contributed by atoms with Crippen LogP contribution < -0.4 is 0 Å². The van der Waals surface area contributed by atoms with Crippen molar-refractivity contribution >= 4 is 11.9 Å². The Morgan fingerprint density at radius 1 is 0.878 bits per heavy atom. The van der Waals surface area contributed by atoms with Gasteiger partial charge in [0.2, 0.25) is 0 Å². The number of carbonyl (C=O) groups is 2. The van der Waals surface area contributed by atoms with Crippen LogP contribution in [0, 0.1) is 0 Å². The molecule has 1 aromatic rings. The molecule has 0 aromatic heterocycles. The monoisotopic (exact) mass is 571 g/mol. The summed E-state index contributed by atoms with van der Waals surface area (Å²) in [5.41, 5.74) is 0.820. The van der Waals surface area contributed by atoms with Crippen LogP contribution >= 0.6 is 0 Å². The van der Waals surface area contributed by atoms with E-state index in [4.69, 9.17) is 9.84 Å². The lowest BCUT2D eigenvalue weighted by atomic mass is 9.98. The number of nitrogens with zero attached hydrogens (tertiary/aromatic N) is 1. The Kier molecular flexibility index (Phi) is 18.4. The Morgan fingerprint density at radius 2 is 1.41 bits per heavy atom. The van der Waals surface area contributed by atoms with Gasteiger partial charge in [-0.25, -0.2) is 0 Å². The van der Waals surface area contributed by atoms with Crippen molar-refractivity contribution in [3.63, 3.8) is 0 Å². The summed E-state index contributed by atoms with van der Waals surface area (Å²) >= 11 is 0. The van der Waals surface area contributed by atoms with Crippen molar-refractivity contribution in [3.8, 4) is 0 Å². The number of carboxylic acid groups (broad SMARTS) is 1. The summed E-state index contributed by atoms with van der Waals surface area (Å²) in [6, 6.07) is 10.5. The minimum Gasteiger partial charge on any atom is -0.481 e. The molecule has 2 fully saturated rings. The van der Waals surface area contributed by atoms with Gasteiger partial charge in [-0.3, -0.25) is 9.59 Å². The first-order valence-corrected chi connectivity index (χ1v) is 16.4. The molecule has 0 amide bonds. The number of unbranched alkanes of at least 4 members (excludes halogenated alkanes) is 11. The smallest absolute Gasteiger partial charge is 0.316 e. The number of esters is 1. The molecule has 3 atom stereocenters. The van der Waals surface area contributed by atoms with Gasteiger partial charge in [0.15, 0.2) is 0 Å². The molecule has 3 unspecified atom stereocenters. The van der Waals surface area contributed by atoms with Crippen molar-refractivity contribution in [2.45, 2.75) is 147 Å². The quantitative estimate of drug-likeness (QED) is 0.0993. The van der Waals surface area contributed by atoms with Crippen LogP contribution in [0.25, 0.3) is 0 Å². The average molecular weight is 572 g/mol. The van der Waals surface area contributed by atoms with E-state index in [1.165, 1.54) is 83.5 Å². The minimum absolute atomic E-state index is 0.00367. The van der Waals surface area contributed by atoms with Gasteiger partial charge in [-0.15, -0.1) is 0 Å². The number of aliphatic carboxylic acids is 1. The zero-order chi connectivity index (χ0) is 29.7. The van der Waals surface area contributed by atoms with E-state index in [0.717, 1.165) is 31.2 Å². The van der Waals surface area contributed by atoms with E-state index in [9.17, 15) is 14.7 Å². The highest BCUT2D eigenvalue weighted by Gasteiger charge is 2.40. The zero-order valence-electron chi connectivity index (χ0n) is 25.9. The van der Waals surface area contributed by atoms with E-state index in [0.29, 0.717) is 18.5 Å². The van der Waals surface area contributed by atoms with Crippen molar-refractivity contribution in [2.75, 3.05) is 13.7 Å². The highest BCUT2D eigenvalue weighted by Crippen LogP contribution is 2.36. The minimum atomic E-state index is -0.664. The summed E-state index contributed by atoms with van der Waals surface area (Å²) in [4.78, 5) is 25.1. The van der Waals surface area contributed by atoms with Crippen LogP contribution in [0.3, 0.4) is 0 Å². The summed E-state index contributed by atoms with van der Waals surface area (Å²) in [5.74, 6) is -1.52. The van der Waals surface area contributed by atoms with Gasteiger partial charge in [0, 0.05) is 18.5 Å². The van der Waals surface area contributed by atoms with Gasteiger partial charge in [-0.1, -0.05) is 101 Å². The third kappa shape index (κ3) is 14.5. The van der Waals surface area contributed by atoms with Crippen LogP contribution in [-0.2, 0) is 14.3 Å². The summed E-state index contributed by atoms with van der Waals surface area (Å²) in [6.45, 7) is 2.05. The van der Waals surface area contributed by atoms with Gasteiger partial charge < -0.3 is 19.8 Å². The number of piperidine rings is 1. The van der Waals surface area contributed by atoms with Crippen molar-refractivity contribution in [1.82, 2.24) is 4.90 Å². The Morgan fingerprint density at radius 3 is 1.95 bits per heavy atom. The molecule has 0 saturated carbocycles. The number of aliphatic hydroxyl groups is 1. The first-order valence-electron chi connectivity index (χ1n) is 16.4. The number of allylic oxidation sites excluding steroid dienone is 2. The molecule has 3 rings (SSSR count). The maximum Gasteiger partial charge on any atom is 0.316 e. The maximum absolute atomic E-state index is 12.4. The van der Waals surface area contributed by atoms with Gasteiger partial charge in [-0.2, -0.15) is 0 Å². The number of carbonyl (C=O) groups excluding carboxylic acids is 1. The molecular weight excluding hydrogens is 514 g/mol. The maximum atomic E-state index is 12.4. The molecule has 6 nitrogen and oxygen atoms in total. The summed E-state index contributed by atoms with van der Waals surface area (Å²) in [6.07, 6.45) is 25.5. The van der Waals surface area contributed by atoms with E-state index in [2.05, 4.69) is 31.0 Å². The van der Waals surface area contributed by atoms with Crippen molar-refractivity contribution in [3.05, 3.63) is 48.0 Å². The number of hydrogen-bond donors (Lipinski definition) is 2. The fourth-order valence-electron chi connectivity index (χ4n) is 6.05.